The van der Waals surface area contributed by atoms with Crippen molar-refractivity contribution in [3.05, 3.63) is 29.3 Å². The Morgan fingerprint density at radius 2 is 2.10 bits per heavy atom. The van der Waals surface area contributed by atoms with Crippen molar-refractivity contribution in [2.45, 2.75) is 36.3 Å². The summed E-state index contributed by atoms with van der Waals surface area (Å²) in [7, 11) is 0. The van der Waals surface area contributed by atoms with E-state index in [9.17, 15) is 4.79 Å². The van der Waals surface area contributed by atoms with Crippen molar-refractivity contribution in [2.75, 3.05) is 0 Å². The predicted octanol–water partition coefficient (Wildman–Crippen LogP) is 3.15. The number of hydrogen-bond acceptors (Lipinski definition) is 5. The number of benzene rings is 1. The largest absolute Gasteiger partial charge is 0.411 e. The summed E-state index contributed by atoms with van der Waals surface area (Å²) in [6.45, 7) is 1.83. The summed E-state index contributed by atoms with van der Waals surface area (Å²) < 4.78 is 5.57. The molecular formula is C14H14ClN3O2S. The number of halogens is 1. The molecule has 1 aromatic heterocycles. The van der Waals surface area contributed by atoms with Gasteiger partial charge in [0.15, 0.2) is 0 Å². The first-order chi connectivity index (χ1) is 10.1. The summed E-state index contributed by atoms with van der Waals surface area (Å²) in [5.41, 5.74) is 0.800. The molecule has 0 aliphatic heterocycles. The molecule has 0 bridgehead atoms. The molecule has 1 aliphatic rings. The molecule has 0 radical (unpaired) electrons. The predicted molar refractivity (Wildman–Crippen MR) is 81.2 cm³/mol. The zero-order valence-corrected chi connectivity index (χ0v) is 12.9. The first-order valence-corrected chi connectivity index (χ1v) is 7.94. The lowest BCUT2D eigenvalue weighted by Gasteiger charge is -2.08. The first-order valence-electron chi connectivity index (χ1n) is 6.68. The van der Waals surface area contributed by atoms with Crippen LogP contribution in [0.3, 0.4) is 0 Å². The molecule has 7 heteroatoms. The first kappa shape index (κ1) is 14.4. The van der Waals surface area contributed by atoms with Crippen molar-refractivity contribution in [3.63, 3.8) is 0 Å². The molecule has 1 atom stereocenters. The van der Waals surface area contributed by atoms with E-state index in [2.05, 4.69) is 15.5 Å². The molecule has 1 aliphatic carbocycles. The molecule has 1 amide bonds. The molecule has 0 unspecified atom stereocenters. The second kappa shape index (κ2) is 6.07. The van der Waals surface area contributed by atoms with Crippen LogP contribution in [-0.4, -0.2) is 27.4 Å². The van der Waals surface area contributed by atoms with Gasteiger partial charge in [-0.1, -0.05) is 23.4 Å². The highest BCUT2D eigenvalue weighted by atomic mass is 35.5. The minimum atomic E-state index is -0.260. The van der Waals surface area contributed by atoms with Gasteiger partial charge in [-0.15, -0.1) is 10.2 Å². The van der Waals surface area contributed by atoms with Crippen LogP contribution in [0.4, 0.5) is 0 Å². The lowest BCUT2D eigenvalue weighted by atomic mass is 10.2. The monoisotopic (exact) mass is 323 g/mol. The Morgan fingerprint density at radius 3 is 2.76 bits per heavy atom. The Balaban J connectivity index is 1.64. The van der Waals surface area contributed by atoms with Crippen molar-refractivity contribution < 1.29 is 9.21 Å². The highest BCUT2D eigenvalue weighted by molar-refractivity contribution is 8.00. The molecule has 1 N–H and O–H groups in total. The minimum absolute atomic E-state index is 0.00810. The van der Waals surface area contributed by atoms with E-state index in [1.807, 2.05) is 19.1 Å². The Labute approximate surface area is 131 Å². The average Bonchev–Trinajstić information content (AvgIpc) is 3.16. The van der Waals surface area contributed by atoms with Crippen LogP contribution in [0.5, 0.6) is 0 Å². The zero-order chi connectivity index (χ0) is 14.8. The molecule has 1 heterocycles. The molecule has 1 aromatic carbocycles. The van der Waals surface area contributed by atoms with E-state index < -0.39 is 0 Å². The van der Waals surface area contributed by atoms with Gasteiger partial charge in [0.05, 0.1) is 5.25 Å². The van der Waals surface area contributed by atoms with E-state index in [1.165, 1.54) is 11.8 Å². The number of amides is 1. The van der Waals surface area contributed by atoms with Crippen LogP contribution < -0.4 is 5.32 Å². The summed E-state index contributed by atoms with van der Waals surface area (Å²) in [6, 6.07) is 7.51. The van der Waals surface area contributed by atoms with E-state index in [1.54, 1.807) is 12.1 Å². The van der Waals surface area contributed by atoms with Crippen LogP contribution in [0.15, 0.2) is 33.9 Å². The summed E-state index contributed by atoms with van der Waals surface area (Å²) in [5.74, 6) is 0.428. The van der Waals surface area contributed by atoms with E-state index in [0.717, 1.165) is 18.4 Å². The normalized spacial score (nSPS) is 15.7. The highest BCUT2D eigenvalue weighted by Gasteiger charge is 2.27. The van der Waals surface area contributed by atoms with E-state index in [4.69, 9.17) is 16.0 Å². The van der Waals surface area contributed by atoms with Gasteiger partial charge in [-0.2, -0.15) is 0 Å². The number of carbonyl (C=O) groups excluding carboxylic acids is 1. The van der Waals surface area contributed by atoms with Gasteiger partial charge >= 0.3 is 0 Å². The van der Waals surface area contributed by atoms with Gasteiger partial charge in [0.2, 0.25) is 11.8 Å². The number of rotatable bonds is 5. The van der Waals surface area contributed by atoms with E-state index in [-0.39, 0.29) is 11.2 Å². The van der Waals surface area contributed by atoms with Gasteiger partial charge in [0.1, 0.15) is 0 Å². The van der Waals surface area contributed by atoms with Crippen molar-refractivity contribution in [1.82, 2.24) is 15.5 Å². The number of aromatic nitrogens is 2. The van der Waals surface area contributed by atoms with Crippen molar-refractivity contribution in [1.29, 1.82) is 0 Å². The van der Waals surface area contributed by atoms with Crippen LogP contribution in [0.2, 0.25) is 5.02 Å². The second-order valence-corrected chi connectivity index (χ2v) is 6.65. The second-order valence-electron chi connectivity index (χ2n) is 4.92. The zero-order valence-electron chi connectivity index (χ0n) is 11.4. The lowest BCUT2D eigenvalue weighted by molar-refractivity contribution is -0.120. The molecule has 1 fully saturated rings. The number of hydrogen-bond donors (Lipinski definition) is 1. The Kier molecular flexibility index (Phi) is 4.17. The molecule has 0 spiro atoms. The van der Waals surface area contributed by atoms with Gasteiger partial charge in [-0.05, 0) is 44.0 Å². The molecular weight excluding hydrogens is 310 g/mol. The molecule has 2 aromatic rings. The molecule has 3 rings (SSSR count). The van der Waals surface area contributed by atoms with Gasteiger partial charge < -0.3 is 9.73 Å². The third-order valence-corrected chi connectivity index (χ3v) is 4.25. The quantitative estimate of drug-likeness (QED) is 0.856. The molecule has 110 valence electrons. The van der Waals surface area contributed by atoms with Gasteiger partial charge in [-0.3, -0.25) is 4.79 Å². The summed E-state index contributed by atoms with van der Waals surface area (Å²) in [6.07, 6.45) is 2.15. The maximum atomic E-state index is 11.9. The summed E-state index contributed by atoms with van der Waals surface area (Å²) in [4.78, 5) is 11.9. The number of carbonyl (C=O) groups is 1. The summed E-state index contributed by atoms with van der Waals surface area (Å²) in [5, 5.41) is 11.7. The smallest absolute Gasteiger partial charge is 0.277 e. The van der Waals surface area contributed by atoms with Gasteiger partial charge in [-0.25, -0.2) is 0 Å². The lowest BCUT2D eigenvalue weighted by Crippen LogP contribution is -2.32. The van der Waals surface area contributed by atoms with Gasteiger partial charge in [0, 0.05) is 16.6 Å². The standard InChI is InChI=1S/C14H14ClN3O2S/c1-8(12(19)16-11-6-7-11)21-14-18-17-13(20-14)9-2-4-10(15)5-3-9/h2-5,8,11H,6-7H2,1H3,(H,16,19)/t8-/m1/s1. The molecule has 21 heavy (non-hydrogen) atoms. The Morgan fingerprint density at radius 1 is 1.38 bits per heavy atom. The summed E-state index contributed by atoms with van der Waals surface area (Å²) >= 11 is 7.10. The molecule has 5 nitrogen and oxygen atoms in total. The van der Waals surface area contributed by atoms with Crippen molar-refractivity contribution >= 4 is 29.3 Å². The maximum Gasteiger partial charge on any atom is 0.277 e. The third kappa shape index (κ3) is 3.77. The minimum Gasteiger partial charge on any atom is -0.411 e. The van der Waals surface area contributed by atoms with Crippen LogP contribution in [-0.2, 0) is 4.79 Å². The van der Waals surface area contributed by atoms with Crippen LogP contribution in [0.1, 0.15) is 19.8 Å². The van der Waals surface area contributed by atoms with Crippen molar-refractivity contribution in [2.24, 2.45) is 0 Å². The molecule has 1 saturated carbocycles. The number of thioether (sulfide) groups is 1. The van der Waals surface area contributed by atoms with E-state index in [0.29, 0.717) is 22.2 Å². The van der Waals surface area contributed by atoms with Gasteiger partial charge in [0.25, 0.3) is 5.22 Å². The van der Waals surface area contributed by atoms with Crippen LogP contribution in [0, 0.1) is 0 Å². The average molecular weight is 324 g/mol. The number of nitrogens with zero attached hydrogens (tertiary/aromatic N) is 2. The highest BCUT2D eigenvalue weighted by Crippen LogP contribution is 2.27. The van der Waals surface area contributed by atoms with Crippen molar-refractivity contribution in [3.8, 4) is 11.5 Å². The Hall–Kier alpha value is -1.53. The maximum absolute atomic E-state index is 11.9. The number of nitrogens with one attached hydrogen (secondary N) is 1. The van der Waals surface area contributed by atoms with Crippen LogP contribution >= 0.6 is 23.4 Å². The SMILES string of the molecule is C[C@@H](Sc1nnc(-c2ccc(Cl)cc2)o1)C(=O)NC1CC1. The third-order valence-electron chi connectivity index (χ3n) is 3.07. The Bertz CT molecular complexity index is 640. The fraction of sp³-hybridized carbons (Fsp3) is 0.357. The van der Waals surface area contributed by atoms with E-state index >= 15 is 0 Å². The fourth-order valence-corrected chi connectivity index (χ4v) is 2.54. The van der Waals surface area contributed by atoms with Crippen LogP contribution in [0.25, 0.3) is 11.5 Å². The topological polar surface area (TPSA) is 68.0 Å². The fourth-order valence-electron chi connectivity index (χ4n) is 1.72. The molecule has 0 saturated heterocycles.